The lowest BCUT2D eigenvalue weighted by molar-refractivity contribution is 1.07. The second-order valence-electron chi connectivity index (χ2n) is 11.8. The minimum atomic E-state index is 0.590. The van der Waals surface area contributed by atoms with E-state index < -0.39 is 0 Å². The van der Waals surface area contributed by atoms with E-state index in [0.717, 1.165) is 66.4 Å². The Kier molecular flexibility index (Phi) is 7.33. The molecular formula is C43H27N7. The van der Waals surface area contributed by atoms with Gasteiger partial charge in [-0.25, -0.2) is 24.9 Å². The summed E-state index contributed by atoms with van der Waals surface area (Å²) in [5, 5.41) is 0.846. The van der Waals surface area contributed by atoms with Gasteiger partial charge < -0.3 is 0 Å². The molecular weight excluding hydrogens is 615 g/mol. The molecule has 0 bridgehead atoms. The van der Waals surface area contributed by atoms with Crippen molar-refractivity contribution in [2.75, 3.05) is 0 Å². The van der Waals surface area contributed by atoms with E-state index in [0.29, 0.717) is 23.3 Å². The molecule has 3 aromatic heterocycles. The van der Waals surface area contributed by atoms with Crippen LogP contribution in [0.15, 0.2) is 164 Å². The van der Waals surface area contributed by atoms with Crippen molar-refractivity contribution in [3.8, 4) is 67.8 Å². The number of fused-ring (bicyclic) bond motifs is 3. The fourth-order valence-electron chi connectivity index (χ4n) is 6.32. The summed E-state index contributed by atoms with van der Waals surface area (Å²) in [6.45, 7) is 0. The standard InChI is InChI=1S/C43H27N7/c1-5-13-28(14-6-1)35-36(29-15-7-2-8-16-29)39-38(44-25-26-45-39)34-27-46-40(47-37(34)35)32-21-23-33(24-22-32)43-49-41(30-17-9-3-10-18-30)48-42(50-43)31-19-11-4-12-20-31/h1-27H. The average molecular weight is 642 g/mol. The van der Waals surface area contributed by atoms with Crippen LogP contribution in [0, 0.1) is 0 Å². The van der Waals surface area contributed by atoms with Crippen LogP contribution in [0.1, 0.15) is 0 Å². The van der Waals surface area contributed by atoms with E-state index in [9.17, 15) is 0 Å². The van der Waals surface area contributed by atoms with Crippen LogP contribution in [0.4, 0.5) is 0 Å². The van der Waals surface area contributed by atoms with Crippen molar-refractivity contribution in [3.63, 3.8) is 0 Å². The van der Waals surface area contributed by atoms with Crippen molar-refractivity contribution >= 4 is 21.9 Å². The summed E-state index contributed by atoms with van der Waals surface area (Å²) >= 11 is 0. The highest BCUT2D eigenvalue weighted by molar-refractivity contribution is 6.17. The maximum absolute atomic E-state index is 5.25. The minimum Gasteiger partial charge on any atom is -0.252 e. The summed E-state index contributed by atoms with van der Waals surface area (Å²) in [6.07, 6.45) is 5.33. The third-order valence-corrected chi connectivity index (χ3v) is 8.69. The predicted octanol–water partition coefficient (Wildman–Crippen LogP) is 9.76. The summed E-state index contributed by atoms with van der Waals surface area (Å²) in [5.74, 6) is 2.44. The SMILES string of the molecule is c1ccc(-c2nc(-c3ccccc3)nc(-c3ccc(-c4ncc5c(n4)c(-c4ccccc4)c(-c4ccccc4)c4nccnc45)cc3)n2)cc1. The van der Waals surface area contributed by atoms with Crippen molar-refractivity contribution in [2.24, 2.45) is 0 Å². The Morgan fingerprint density at radius 3 is 1.14 bits per heavy atom. The second kappa shape index (κ2) is 12.6. The Hall–Kier alpha value is -6.99. The number of hydrogen-bond donors (Lipinski definition) is 0. The van der Waals surface area contributed by atoms with Crippen LogP contribution in [-0.4, -0.2) is 34.9 Å². The van der Waals surface area contributed by atoms with Gasteiger partial charge >= 0.3 is 0 Å². The van der Waals surface area contributed by atoms with Gasteiger partial charge in [-0.1, -0.05) is 146 Å². The molecule has 7 heteroatoms. The lowest BCUT2D eigenvalue weighted by atomic mass is 9.90. The number of rotatable bonds is 6. The van der Waals surface area contributed by atoms with Crippen LogP contribution >= 0.6 is 0 Å². The number of hydrogen-bond acceptors (Lipinski definition) is 7. The first-order chi connectivity index (χ1) is 24.8. The van der Waals surface area contributed by atoms with Crippen molar-refractivity contribution in [1.29, 1.82) is 0 Å². The average Bonchev–Trinajstić information content (AvgIpc) is 3.21. The summed E-state index contributed by atoms with van der Waals surface area (Å²) in [5.41, 5.74) is 10.1. The Balaban J connectivity index is 1.20. The van der Waals surface area contributed by atoms with Gasteiger partial charge in [-0.2, -0.15) is 0 Å². The fourth-order valence-corrected chi connectivity index (χ4v) is 6.32. The number of benzene rings is 6. The molecule has 9 aromatic rings. The van der Waals surface area contributed by atoms with E-state index in [2.05, 4.69) is 24.3 Å². The topological polar surface area (TPSA) is 90.2 Å². The number of aromatic nitrogens is 7. The molecule has 7 nitrogen and oxygen atoms in total. The van der Waals surface area contributed by atoms with Gasteiger partial charge in [0.25, 0.3) is 0 Å². The summed E-state index contributed by atoms with van der Waals surface area (Å²) in [6, 6.07) is 48.7. The highest BCUT2D eigenvalue weighted by Crippen LogP contribution is 2.42. The first-order valence-corrected chi connectivity index (χ1v) is 16.3. The molecule has 0 aliphatic heterocycles. The maximum atomic E-state index is 5.25. The quantitative estimate of drug-likeness (QED) is 0.167. The Morgan fingerprint density at radius 2 is 0.660 bits per heavy atom. The van der Waals surface area contributed by atoms with Gasteiger partial charge in [-0.15, -0.1) is 0 Å². The van der Waals surface area contributed by atoms with Crippen molar-refractivity contribution in [3.05, 3.63) is 164 Å². The highest BCUT2D eigenvalue weighted by atomic mass is 15.0. The van der Waals surface area contributed by atoms with Crippen LogP contribution in [0.25, 0.3) is 89.7 Å². The zero-order valence-electron chi connectivity index (χ0n) is 26.7. The molecule has 0 N–H and O–H groups in total. The van der Waals surface area contributed by atoms with E-state index in [1.165, 1.54) is 0 Å². The van der Waals surface area contributed by atoms with Crippen LogP contribution in [-0.2, 0) is 0 Å². The Bertz CT molecular complexity index is 2560. The zero-order chi connectivity index (χ0) is 33.3. The first kappa shape index (κ1) is 29.2. The normalized spacial score (nSPS) is 11.2. The Labute approximate surface area is 288 Å². The third kappa shape index (κ3) is 5.33. The lowest BCUT2D eigenvalue weighted by Gasteiger charge is -2.17. The fraction of sp³-hybridized carbons (Fsp3) is 0. The maximum Gasteiger partial charge on any atom is 0.164 e. The molecule has 0 unspecified atom stereocenters. The molecule has 3 heterocycles. The van der Waals surface area contributed by atoms with Gasteiger partial charge in [0.1, 0.15) is 5.52 Å². The molecule has 0 fully saturated rings. The van der Waals surface area contributed by atoms with Gasteiger partial charge in [0.2, 0.25) is 0 Å². The molecule has 0 radical (unpaired) electrons. The molecule has 234 valence electrons. The second-order valence-corrected chi connectivity index (χ2v) is 11.8. The molecule has 0 atom stereocenters. The molecule has 0 amide bonds. The van der Waals surface area contributed by atoms with Crippen molar-refractivity contribution in [2.45, 2.75) is 0 Å². The molecule has 0 saturated carbocycles. The van der Waals surface area contributed by atoms with Gasteiger partial charge in [-0.05, 0) is 11.1 Å². The molecule has 9 rings (SSSR count). The van der Waals surface area contributed by atoms with E-state index in [4.69, 9.17) is 34.9 Å². The van der Waals surface area contributed by atoms with Crippen LogP contribution in [0.3, 0.4) is 0 Å². The highest BCUT2D eigenvalue weighted by Gasteiger charge is 2.21. The zero-order valence-corrected chi connectivity index (χ0v) is 26.7. The van der Waals surface area contributed by atoms with Gasteiger partial charge in [0, 0.05) is 57.4 Å². The molecule has 0 aliphatic rings. The third-order valence-electron chi connectivity index (χ3n) is 8.69. The first-order valence-electron chi connectivity index (χ1n) is 16.3. The molecule has 0 spiro atoms. The summed E-state index contributed by atoms with van der Waals surface area (Å²) in [4.78, 5) is 34.3. The summed E-state index contributed by atoms with van der Waals surface area (Å²) in [7, 11) is 0. The van der Waals surface area contributed by atoms with E-state index in [1.54, 1.807) is 12.4 Å². The largest absolute Gasteiger partial charge is 0.252 e. The van der Waals surface area contributed by atoms with Crippen molar-refractivity contribution < 1.29 is 0 Å². The van der Waals surface area contributed by atoms with E-state index in [-0.39, 0.29) is 0 Å². The van der Waals surface area contributed by atoms with Crippen LogP contribution in [0.2, 0.25) is 0 Å². The van der Waals surface area contributed by atoms with Crippen LogP contribution in [0.5, 0.6) is 0 Å². The molecule has 50 heavy (non-hydrogen) atoms. The molecule has 0 saturated heterocycles. The van der Waals surface area contributed by atoms with Gasteiger partial charge in [0.15, 0.2) is 23.3 Å². The minimum absolute atomic E-state index is 0.590. The van der Waals surface area contributed by atoms with Crippen molar-refractivity contribution in [1.82, 2.24) is 34.9 Å². The smallest absolute Gasteiger partial charge is 0.164 e. The summed E-state index contributed by atoms with van der Waals surface area (Å²) < 4.78 is 0. The monoisotopic (exact) mass is 641 g/mol. The lowest BCUT2D eigenvalue weighted by Crippen LogP contribution is -2.00. The molecule has 6 aromatic carbocycles. The van der Waals surface area contributed by atoms with Gasteiger partial charge in [-0.3, -0.25) is 9.97 Å². The molecule has 0 aliphatic carbocycles. The van der Waals surface area contributed by atoms with Crippen LogP contribution < -0.4 is 0 Å². The predicted molar refractivity (Wildman–Crippen MR) is 199 cm³/mol. The van der Waals surface area contributed by atoms with Gasteiger partial charge in [0.05, 0.1) is 11.0 Å². The number of nitrogens with zero attached hydrogens (tertiary/aromatic N) is 7. The Morgan fingerprint density at radius 1 is 0.280 bits per heavy atom. The van der Waals surface area contributed by atoms with E-state index in [1.807, 2.05) is 128 Å². The van der Waals surface area contributed by atoms with E-state index >= 15 is 0 Å².